The lowest BCUT2D eigenvalue weighted by Gasteiger charge is -2.26. The number of rotatable bonds is 3. The van der Waals surface area contributed by atoms with Crippen molar-refractivity contribution in [1.29, 1.82) is 0 Å². The molecular weight excluding hydrogens is 238 g/mol. The maximum atomic E-state index is 5.76. The third kappa shape index (κ3) is 3.67. The molecule has 0 bridgehead atoms. The second-order valence-corrected chi connectivity index (χ2v) is 6.37. The fourth-order valence-corrected chi connectivity index (χ4v) is 3.74. The van der Waals surface area contributed by atoms with E-state index in [4.69, 9.17) is 11.6 Å². The normalized spacial score (nSPS) is 25.6. The minimum atomic E-state index is 0.583. The SMILES string of the molecule is CC1CCCC(SCc2ccc(Cl)nc2)C1. The highest BCUT2D eigenvalue weighted by Crippen LogP contribution is 2.33. The molecule has 16 heavy (non-hydrogen) atoms. The average molecular weight is 256 g/mol. The summed E-state index contributed by atoms with van der Waals surface area (Å²) in [6.07, 6.45) is 7.47. The molecular formula is C13H18ClNS. The Labute approximate surface area is 107 Å². The van der Waals surface area contributed by atoms with E-state index in [-0.39, 0.29) is 0 Å². The summed E-state index contributed by atoms with van der Waals surface area (Å²) in [6.45, 7) is 2.37. The van der Waals surface area contributed by atoms with Crippen molar-refractivity contribution >= 4 is 23.4 Å². The largest absolute Gasteiger partial charge is 0.244 e. The summed E-state index contributed by atoms with van der Waals surface area (Å²) in [5, 5.41) is 1.43. The van der Waals surface area contributed by atoms with E-state index in [0.29, 0.717) is 5.15 Å². The summed E-state index contributed by atoms with van der Waals surface area (Å²) in [6, 6.07) is 3.95. The van der Waals surface area contributed by atoms with Crippen LogP contribution in [0.1, 0.15) is 38.2 Å². The molecule has 0 aliphatic heterocycles. The molecule has 1 heterocycles. The molecule has 0 aromatic carbocycles. The maximum Gasteiger partial charge on any atom is 0.129 e. The Bertz CT molecular complexity index is 325. The topological polar surface area (TPSA) is 12.9 Å². The van der Waals surface area contributed by atoms with Gasteiger partial charge in [-0.05, 0) is 30.4 Å². The van der Waals surface area contributed by atoms with Crippen molar-refractivity contribution in [2.75, 3.05) is 0 Å². The molecule has 1 aromatic heterocycles. The number of thioether (sulfide) groups is 1. The zero-order valence-corrected chi connectivity index (χ0v) is 11.2. The quantitative estimate of drug-likeness (QED) is 0.735. The molecule has 88 valence electrons. The van der Waals surface area contributed by atoms with Crippen molar-refractivity contribution in [3.8, 4) is 0 Å². The van der Waals surface area contributed by atoms with Gasteiger partial charge < -0.3 is 0 Å². The van der Waals surface area contributed by atoms with Crippen molar-refractivity contribution in [2.45, 2.75) is 43.6 Å². The molecule has 0 spiro atoms. The molecule has 0 radical (unpaired) electrons. The van der Waals surface area contributed by atoms with Crippen LogP contribution >= 0.6 is 23.4 Å². The Balaban J connectivity index is 1.80. The summed E-state index contributed by atoms with van der Waals surface area (Å²) in [5.41, 5.74) is 1.28. The van der Waals surface area contributed by atoms with Gasteiger partial charge in [-0.3, -0.25) is 0 Å². The van der Waals surface area contributed by atoms with Crippen LogP contribution < -0.4 is 0 Å². The van der Waals surface area contributed by atoms with Crippen LogP contribution in [0.3, 0.4) is 0 Å². The number of hydrogen-bond donors (Lipinski definition) is 0. The van der Waals surface area contributed by atoms with Gasteiger partial charge in [0.2, 0.25) is 0 Å². The van der Waals surface area contributed by atoms with Gasteiger partial charge in [0, 0.05) is 17.2 Å². The highest BCUT2D eigenvalue weighted by Gasteiger charge is 2.18. The fourth-order valence-electron chi connectivity index (χ4n) is 2.24. The number of nitrogens with zero attached hydrogens (tertiary/aromatic N) is 1. The minimum Gasteiger partial charge on any atom is -0.244 e. The van der Waals surface area contributed by atoms with Gasteiger partial charge in [-0.25, -0.2) is 4.98 Å². The van der Waals surface area contributed by atoms with Gasteiger partial charge >= 0.3 is 0 Å². The first-order chi connectivity index (χ1) is 7.74. The first-order valence-corrected chi connectivity index (χ1v) is 7.39. The van der Waals surface area contributed by atoms with Crippen molar-refractivity contribution in [3.05, 3.63) is 29.0 Å². The van der Waals surface area contributed by atoms with Crippen molar-refractivity contribution in [1.82, 2.24) is 4.98 Å². The number of halogens is 1. The third-order valence-electron chi connectivity index (χ3n) is 3.16. The summed E-state index contributed by atoms with van der Waals surface area (Å²) in [5.74, 6) is 1.98. The molecule has 1 nitrogen and oxygen atoms in total. The van der Waals surface area contributed by atoms with Crippen LogP contribution in [0, 0.1) is 5.92 Å². The number of pyridine rings is 1. The molecule has 1 aromatic rings. The minimum absolute atomic E-state index is 0.583. The molecule has 1 aliphatic carbocycles. The fraction of sp³-hybridized carbons (Fsp3) is 0.615. The van der Waals surface area contributed by atoms with E-state index in [1.54, 1.807) is 0 Å². The lowest BCUT2D eigenvalue weighted by molar-refractivity contribution is 0.394. The van der Waals surface area contributed by atoms with E-state index in [0.717, 1.165) is 16.9 Å². The van der Waals surface area contributed by atoms with Gasteiger partial charge in [-0.2, -0.15) is 11.8 Å². The summed E-state index contributed by atoms with van der Waals surface area (Å²) in [4.78, 5) is 4.11. The molecule has 1 fully saturated rings. The summed E-state index contributed by atoms with van der Waals surface area (Å²) >= 11 is 7.84. The highest BCUT2D eigenvalue weighted by atomic mass is 35.5. The van der Waals surface area contributed by atoms with Crippen molar-refractivity contribution < 1.29 is 0 Å². The standard InChI is InChI=1S/C13H18ClNS/c1-10-3-2-4-12(7-10)16-9-11-5-6-13(14)15-8-11/h5-6,8,10,12H,2-4,7,9H2,1H3. The molecule has 1 aliphatic rings. The Hall–Kier alpha value is -0.210. The molecule has 0 N–H and O–H groups in total. The predicted octanol–water partition coefficient (Wildman–Crippen LogP) is 4.55. The molecule has 2 unspecified atom stereocenters. The van der Waals surface area contributed by atoms with Gasteiger partial charge in [-0.15, -0.1) is 0 Å². The van der Waals surface area contributed by atoms with Crippen molar-refractivity contribution in [2.24, 2.45) is 5.92 Å². The first kappa shape index (κ1) is 12.3. The van der Waals surface area contributed by atoms with Gasteiger partial charge in [0.25, 0.3) is 0 Å². The second-order valence-electron chi connectivity index (χ2n) is 4.69. The molecule has 0 saturated heterocycles. The van der Waals surface area contributed by atoms with Crippen LogP contribution in [0.4, 0.5) is 0 Å². The van der Waals surface area contributed by atoms with E-state index >= 15 is 0 Å². The monoisotopic (exact) mass is 255 g/mol. The van der Waals surface area contributed by atoms with Crippen LogP contribution in [0.15, 0.2) is 18.3 Å². The van der Waals surface area contributed by atoms with E-state index in [1.807, 2.05) is 12.3 Å². The van der Waals surface area contributed by atoms with E-state index in [9.17, 15) is 0 Å². The van der Waals surface area contributed by atoms with E-state index in [1.165, 1.54) is 31.2 Å². The van der Waals surface area contributed by atoms with Crippen LogP contribution in [-0.2, 0) is 5.75 Å². The molecule has 2 rings (SSSR count). The van der Waals surface area contributed by atoms with Crippen LogP contribution in [-0.4, -0.2) is 10.2 Å². The number of aromatic nitrogens is 1. The maximum absolute atomic E-state index is 5.76. The van der Waals surface area contributed by atoms with E-state index < -0.39 is 0 Å². The van der Waals surface area contributed by atoms with Gasteiger partial charge in [0.15, 0.2) is 0 Å². The predicted molar refractivity (Wildman–Crippen MR) is 72.0 cm³/mol. The zero-order chi connectivity index (χ0) is 11.4. The van der Waals surface area contributed by atoms with Gasteiger partial charge in [0.1, 0.15) is 5.15 Å². The third-order valence-corrected chi connectivity index (χ3v) is 4.79. The van der Waals surface area contributed by atoms with E-state index in [2.05, 4.69) is 29.7 Å². The Morgan fingerprint density at radius 2 is 2.31 bits per heavy atom. The van der Waals surface area contributed by atoms with Crippen molar-refractivity contribution in [3.63, 3.8) is 0 Å². The Morgan fingerprint density at radius 1 is 1.44 bits per heavy atom. The van der Waals surface area contributed by atoms with Gasteiger partial charge in [0.05, 0.1) is 0 Å². The summed E-state index contributed by atoms with van der Waals surface area (Å²) < 4.78 is 0. The molecule has 3 heteroatoms. The smallest absolute Gasteiger partial charge is 0.129 e. The van der Waals surface area contributed by atoms with Crippen LogP contribution in [0.25, 0.3) is 0 Å². The highest BCUT2D eigenvalue weighted by molar-refractivity contribution is 7.99. The Kier molecular flexibility index (Phi) is 4.54. The lowest BCUT2D eigenvalue weighted by atomic mass is 9.91. The zero-order valence-electron chi connectivity index (χ0n) is 9.66. The second kappa shape index (κ2) is 5.92. The lowest BCUT2D eigenvalue weighted by Crippen LogP contribution is -2.15. The van der Waals surface area contributed by atoms with Crippen LogP contribution in [0.5, 0.6) is 0 Å². The molecule has 1 saturated carbocycles. The Morgan fingerprint density at radius 3 is 3.00 bits per heavy atom. The number of hydrogen-bond acceptors (Lipinski definition) is 2. The first-order valence-electron chi connectivity index (χ1n) is 5.96. The summed E-state index contributed by atoms with van der Waals surface area (Å²) in [7, 11) is 0. The molecule has 0 amide bonds. The molecule has 2 atom stereocenters. The van der Waals surface area contributed by atoms with Crippen LogP contribution in [0.2, 0.25) is 5.15 Å². The van der Waals surface area contributed by atoms with Gasteiger partial charge in [-0.1, -0.05) is 37.4 Å². The average Bonchev–Trinajstić information content (AvgIpc) is 2.28.